The van der Waals surface area contributed by atoms with Gasteiger partial charge in [0.1, 0.15) is 0 Å². The number of H-pyrrole nitrogens is 1. The summed E-state index contributed by atoms with van der Waals surface area (Å²) in [5.74, 6) is -0.244. The molecule has 5 aromatic rings. The number of fused-ring (bicyclic) bond motifs is 1. The molecule has 0 bridgehead atoms. The fourth-order valence-electron chi connectivity index (χ4n) is 5.02. The van der Waals surface area contributed by atoms with Crippen molar-refractivity contribution in [3.8, 4) is 11.1 Å². The summed E-state index contributed by atoms with van der Waals surface area (Å²) in [5, 5.41) is 7.23. The summed E-state index contributed by atoms with van der Waals surface area (Å²) in [6.07, 6.45) is 4.36. The predicted molar refractivity (Wildman–Crippen MR) is 168 cm³/mol. The fourth-order valence-corrected chi connectivity index (χ4v) is 5.83. The topological polar surface area (TPSA) is 65.5 Å². The normalized spacial score (nSPS) is 15.1. The highest BCUT2D eigenvalue weighted by Crippen LogP contribution is 2.34. The molecule has 1 amide bonds. The first-order valence-corrected chi connectivity index (χ1v) is 14.4. The van der Waals surface area contributed by atoms with E-state index >= 15 is 0 Å². The highest BCUT2D eigenvalue weighted by Gasteiger charge is 2.34. The molecule has 7 heteroatoms. The minimum absolute atomic E-state index is 0.242. The second kappa shape index (κ2) is 11.2. The highest BCUT2D eigenvalue weighted by molar-refractivity contribution is 9.10. The molecule has 0 radical (unpaired) electrons. The van der Waals surface area contributed by atoms with Crippen LogP contribution in [0.3, 0.4) is 0 Å². The van der Waals surface area contributed by atoms with Crippen LogP contribution in [0.25, 0.3) is 28.1 Å². The van der Waals surface area contributed by atoms with E-state index in [1.165, 1.54) is 5.01 Å². The maximum atomic E-state index is 13.8. The largest absolute Gasteiger partial charge is 0.321 e. The second-order valence-electron chi connectivity index (χ2n) is 9.48. The second-order valence-corrected chi connectivity index (χ2v) is 11.2. The Bertz CT molecular complexity index is 1850. The van der Waals surface area contributed by atoms with Crippen molar-refractivity contribution in [3.63, 3.8) is 0 Å². The molecule has 196 valence electrons. The van der Waals surface area contributed by atoms with Crippen LogP contribution in [0.1, 0.15) is 27.9 Å². The molecule has 1 unspecified atom stereocenters. The van der Waals surface area contributed by atoms with Gasteiger partial charge in [-0.25, -0.2) is 5.01 Å². The number of pyridine rings is 1. The van der Waals surface area contributed by atoms with E-state index in [0.717, 1.165) is 32.1 Å². The summed E-state index contributed by atoms with van der Waals surface area (Å²) in [6.45, 7) is 0. The van der Waals surface area contributed by atoms with Crippen LogP contribution in [0, 0.1) is 0 Å². The van der Waals surface area contributed by atoms with Gasteiger partial charge in [-0.15, -0.1) is 0 Å². The molecular formula is C33H23Br2N3O2. The molecule has 0 saturated carbocycles. The quantitative estimate of drug-likeness (QED) is 0.209. The molecule has 0 spiro atoms. The first kappa shape index (κ1) is 26.2. The first-order chi connectivity index (χ1) is 19.5. The molecule has 5 nitrogen and oxygen atoms in total. The number of hydrogen-bond acceptors (Lipinski definition) is 3. The van der Waals surface area contributed by atoms with Gasteiger partial charge in [0.15, 0.2) is 0 Å². The zero-order chi connectivity index (χ0) is 27.6. The smallest absolute Gasteiger partial charge is 0.275 e. The van der Waals surface area contributed by atoms with Gasteiger partial charge in [-0.1, -0.05) is 101 Å². The number of aromatic nitrogens is 1. The maximum Gasteiger partial charge on any atom is 0.275 e. The van der Waals surface area contributed by atoms with Crippen LogP contribution in [-0.4, -0.2) is 27.7 Å². The number of nitrogens with zero attached hydrogens (tertiary/aromatic N) is 2. The maximum absolute atomic E-state index is 13.8. The number of aromatic amines is 1. The number of hydrazone groups is 1. The Morgan fingerprint density at radius 3 is 2.33 bits per heavy atom. The molecule has 0 saturated heterocycles. The van der Waals surface area contributed by atoms with Crippen molar-refractivity contribution in [1.82, 2.24) is 9.99 Å². The summed E-state index contributed by atoms with van der Waals surface area (Å²) < 4.78 is 1.59. The molecule has 1 aliphatic heterocycles. The lowest BCUT2D eigenvalue weighted by atomic mass is 9.92. The molecular weight excluding hydrogens is 630 g/mol. The monoisotopic (exact) mass is 651 g/mol. The van der Waals surface area contributed by atoms with Gasteiger partial charge in [0.25, 0.3) is 11.5 Å². The number of halogens is 2. The summed E-state index contributed by atoms with van der Waals surface area (Å²) in [7, 11) is 0. The van der Waals surface area contributed by atoms with Crippen molar-refractivity contribution in [2.45, 2.75) is 12.5 Å². The van der Waals surface area contributed by atoms with Crippen molar-refractivity contribution < 1.29 is 4.79 Å². The Kier molecular flexibility index (Phi) is 7.32. The summed E-state index contributed by atoms with van der Waals surface area (Å²) in [4.78, 5) is 30.6. The highest BCUT2D eigenvalue weighted by atomic mass is 79.9. The number of nitrogens with one attached hydrogen (secondary N) is 1. The molecule has 4 aromatic carbocycles. The number of carbonyl (C=O) groups excluding carboxylic acids is 1. The molecule has 0 fully saturated rings. The van der Waals surface area contributed by atoms with Crippen LogP contribution < -0.4 is 5.56 Å². The van der Waals surface area contributed by atoms with Gasteiger partial charge >= 0.3 is 0 Å². The molecule has 40 heavy (non-hydrogen) atoms. The first-order valence-electron chi connectivity index (χ1n) is 12.8. The molecule has 1 N–H and O–H groups in total. The van der Waals surface area contributed by atoms with E-state index in [4.69, 9.17) is 5.10 Å². The van der Waals surface area contributed by atoms with Gasteiger partial charge in [-0.3, -0.25) is 9.59 Å². The average molecular weight is 653 g/mol. The van der Waals surface area contributed by atoms with Crippen LogP contribution in [0.5, 0.6) is 0 Å². The van der Waals surface area contributed by atoms with Crippen molar-refractivity contribution >= 4 is 60.5 Å². The molecule has 1 aliphatic rings. The summed E-state index contributed by atoms with van der Waals surface area (Å²) in [6, 6.07) is 32.5. The average Bonchev–Trinajstić information content (AvgIpc) is 3.40. The van der Waals surface area contributed by atoms with Gasteiger partial charge in [-0.2, -0.15) is 5.10 Å². The Morgan fingerprint density at radius 2 is 1.57 bits per heavy atom. The lowest BCUT2D eigenvalue weighted by Crippen LogP contribution is -2.31. The van der Waals surface area contributed by atoms with Crippen molar-refractivity contribution in [2.24, 2.45) is 5.10 Å². The van der Waals surface area contributed by atoms with Crippen LogP contribution in [-0.2, 0) is 0 Å². The van der Waals surface area contributed by atoms with Crippen molar-refractivity contribution in [3.05, 3.63) is 145 Å². The molecule has 1 atom stereocenters. The molecule has 2 heterocycles. The number of amides is 1. The minimum Gasteiger partial charge on any atom is -0.321 e. The van der Waals surface area contributed by atoms with Gasteiger partial charge in [0, 0.05) is 31.8 Å². The fraction of sp³-hybridized carbons (Fsp3) is 0.0606. The molecule has 6 rings (SSSR count). The van der Waals surface area contributed by atoms with Gasteiger partial charge in [0.2, 0.25) is 0 Å². The van der Waals surface area contributed by atoms with Crippen LogP contribution in [0.15, 0.2) is 128 Å². The van der Waals surface area contributed by atoms with E-state index in [0.29, 0.717) is 27.7 Å². The molecule has 1 aromatic heterocycles. The van der Waals surface area contributed by atoms with E-state index in [2.05, 4.69) is 36.8 Å². The van der Waals surface area contributed by atoms with Crippen LogP contribution >= 0.6 is 31.9 Å². The van der Waals surface area contributed by atoms with E-state index in [1.54, 1.807) is 6.07 Å². The Morgan fingerprint density at radius 1 is 0.875 bits per heavy atom. The Labute approximate surface area is 248 Å². The molecule has 0 aliphatic carbocycles. The summed E-state index contributed by atoms with van der Waals surface area (Å²) >= 11 is 7.10. The zero-order valence-corrected chi connectivity index (χ0v) is 24.4. The Hall–Kier alpha value is -4.07. The van der Waals surface area contributed by atoms with Crippen LogP contribution in [0.2, 0.25) is 0 Å². The third kappa shape index (κ3) is 5.10. The number of hydrogen-bond donors (Lipinski definition) is 1. The van der Waals surface area contributed by atoms with Gasteiger partial charge in [0.05, 0.1) is 22.9 Å². The standard InChI is InChI=1S/C33H23Br2N3O2/c34-23-16-18-28-26(19-23)30(22-11-5-2-6-12-22)31(32(39)36-28)29-20-24(17-15-21-9-3-1-4-10-21)38(37-29)33(40)25-13-7-8-14-27(25)35/h1-19,24H,20H2,(H,36,39)/b17-15+. The zero-order valence-electron chi connectivity index (χ0n) is 21.2. The third-order valence-corrected chi connectivity index (χ3v) is 8.08. The lowest BCUT2D eigenvalue weighted by Gasteiger charge is -2.19. The number of rotatable bonds is 5. The van der Waals surface area contributed by atoms with E-state index < -0.39 is 0 Å². The van der Waals surface area contributed by atoms with E-state index in [9.17, 15) is 9.59 Å². The van der Waals surface area contributed by atoms with Crippen LogP contribution in [0.4, 0.5) is 0 Å². The van der Waals surface area contributed by atoms with E-state index in [1.807, 2.05) is 109 Å². The number of benzene rings is 4. The Balaban J connectivity index is 1.53. The minimum atomic E-state index is -0.379. The predicted octanol–water partition coefficient (Wildman–Crippen LogP) is 8.05. The van der Waals surface area contributed by atoms with Gasteiger partial charge < -0.3 is 4.98 Å². The number of carbonyl (C=O) groups is 1. The van der Waals surface area contributed by atoms with Crippen molar-refractivity contribution in [2.75, 3.05) is 0 Å². The summed E-state index contributed by atoms with van der Waals surface area (Å²) in [5.41, 5.74) is 4.74. The van der Waals surface area contributed by atoms with Gasteiger partial charge in [-0.05, 0) is 57.4 Å². The third-order valence-electron chi connectivity index (χ3n) is 6.90. The van der Waals surface area contributed by atoms with Crippen molar-refractivity contribution in [1.29, 1.82) is 0 Å². The SMILES string of the molecule is O=C(c1ccccc1Br)N1N=C(c2c(-c3ccccc3)c3cc(Br)ccc3[nH]c2=O)CC1/C=C/c1ccccc1. The lowest BCUT2D eigenvalue weighted by molar-refractivity contribution is 0.0741. The van der Waals surface area contributed by atoms with E-state index in [-0.39, 0.29) is 17.5 Å².